The zero-order valence-electron chi connectivity index (χ0n) is 10.8. The van der Waals surface area contributed by atoms with Crippen molar-refractivity contribution in [3.63, 3.8) is 0 Å². The maximum atomic E-state index is 12.4. The van der Waals surface area contributed by atoms with Gasteiger partial charge in [-0.25, -0.2) is 0 Å². The Morgan fingerprint density at radius 2 is 2.11 bits per heavy atom. The summed E-state index contributed by atoms with van der Waals surface area (Å²) < 4.78 is 0. The van der Waals surface area contributed by atoms with E-state index in [-0.39, 0.29) is 18.4 Å². The first kappa shape index (κ1) is 12.6. The molecule has 1 aliphatic heterocycles. The number of benzene rings is 1. The van der Waals surface area contributed by atoms with E-state index < -0.39 is 0 Å². The van der Waals surface area contributed by atoms with E-state index in [4.69, 9.17) is 0 Å². The molecule has 0 aliphatic carbocycles. The first-order valence-corrected chi connectivity index (χ1v) is 6.21. The van der Waals surface area contributed by atoms with Crippen molar-refractivity contribution < 1.29 is 9.59 Å². The molecule has 1 saturated heterocycles. The first-order chi connectivity index (χ1) is 8.58. The van der Waals surface area contributed by atoms with Crippen molar-refractivity contribution in [2.24, 2.45) is 0 Å². The van der Waals surface area contributed by atoms with Crippen molar-refractivity contribution in [2.45, 2.75) is 20.3 Å². The first-order valence-electron chi connectivity index (χ1n) is 6.21. The number of rotatable bonds is 1. The van der Waals surface area contributed by atoms with Crippen LogP contribution >= 0.6 is 0 Å². The lowest BCUT2D eigenvalue weighted by atomic mass is 10.0. The van der Waals surface area contributed by atoms with Crippen LogP contribution in [0, 0.1) is 13.8 Å². The van der Waals surface area contributed by atoms with Crippen LogP contribution in [0.3, 0.4) is 0 Å². The average molecular weight is 246 g/mol. The lowest BCUT2D eigenvalue weighted by Crippen LogP contribution is -2.37. The van der Waals surface area contributed by atoms with Crippen LogP contribution in [-0.4, -0.2) is 36.3 Å². The van der Waals surface area contributed by atoms with Gasteiger partial charge in [0.25, 0.3) is 5.91 Å². The fraction of sp³-hybridized carbons (Fsp3) is 0.429. The smallest absolute Gasteiger partial charge is 0.254 e. The summed E-state index contributed by atoms with van der Waals surface area (Å²) in [6.45, 7) is 5.32. The monoisotopic (exact) mass is 246 g/mol. The zero-order chi connectivity index (χ0) is 13.1. The van der Waals surface area contributed by atoms with Gasteiger partial charge >= 0.3 is 0 Å². The molecule has 0 saturated carbocycles. The molecule has 1 heterocycles. The van der Waals surface area contributed by atoms with Gasteiger partial charge in [0.2, 0.25) is 5.91 Å². The Hall–Kier alpha value is -1.84. The second kappa shape index (κ2) is 5.21. The summed E-state index contributed by atoms with van der Waals surface area (Å²) in [6, 6.07) is 5.82. The van der Waals surface area contributed by atoms with Gasteiger partial charge in [-0.15, -0.1) is 0 Å². The van der Waals surface area contributed by atoms with E-state index in [2.05, 4.69) is 5.32 Å². The molecule has 0 atom stereocenters. The maximum Gasteiger partial charge on any atom is 0.254 e. The summed E-state index contributed by atoms with van der Waals surface area (Å²) in [7, 11) is 0. The van der Waals surface area contributed by atoms with Crippen LogP contribution in [0.2, 0.25) is 0 Å². The number of hydrogen-bond donors (Lipinski definition) is 1. The van der Waals surface area contributed by atoms with Gasteiger partial charge in [0.15, 0.2) is 0 Å². The predicted molar refractivity (Wildman–Crippen MR) is 69.4 cm³/mol. The van der Waals surface area contributed by atoms with E-state index in [1.807, 2.05) is 32.0 Å². The van der Waals surface area contributed by atoms with Crippen molar-refractivity contribution in [3.05, 3.63) is 34.9 Å². The molecular weight excluding hydrogens is 228 g/mol. The van der Waals surface area contributed by atoms with Crippen molar-refractivity contribution in [3.8, 4) is 0 Å². The van der Waals surface area contributed by atoms with Gasteiger partial charge in [-0.1, -0.05) is 17.7 Å². The lowest BCUT2D eigenvalue weighted by Gasteiger charge is -2.20. The molecule has 0 unspecified atom stereocenters. The van der Waals surface area contributed by atoms with Crippen LogP contribution in [0.4, 0.5) is 0 Å². The fourth-order valence-electron chi connectivity index (χ4n) is 2.12. The molecule has 4 nitrogen and oxygen atoms in total. The number of hydrogen-bond acceptors (Lipinski definition) is 2. The van der Waals surface area contributed by atoms with Crippen LogP contribution in [0.5, 0.6) is 0 Å². The molecule has 1 aliphatic rings. The molecule has 1 aromatic rings. The van der Waals surface area contributed by atoms with Crippen LogP contribution in [0.1, 0.15) is 27.9 Å². The minimum absolute atomic E-state index is 0.0479. The lowest BCUT2D eigenvalue weighted by molar-refractivity contribution is -0.121. The van der Waals surface area contributed by atoms with Crippen molar-refractivity contribution >= 4 is 11.8 Å². The molecule has 0 spiro atoms. The van der Waals surface area contributed by atoms with Gasteiger partial charge in [0, 0.05) is 18.7 Å². The quantitative estimate of drug-likeness (QED) is 0.811. The molecule has 2 rings (SSSR count). The molecule has 0 bridgehead atoms. The van der Waals surface area contributed by atoms with Crippen LogP contribution in [0.25, 0.3) is 0 Å². The third-order valence-corrected chi connectivity index (χ3v) is 3.17. The Kier molecular flexibility index (Phi) is 3.65. The number of amides is 2. The molecule has 1 aromatic carbocycles. The summed E-state index contributed by atoms with van der Waals surface area (Å²) >= 11 is 0. The Labute approximate surface area is 107 Å². The number of aryl methyl sites for hydroxylation is 2. The normalized spacial score (nSPS) is 16.1. The summed E-state index contributed by atoms with van der Waals surface area (Å²) in [6.07, 6.45) is 0.808. The minimum atomic E-state index is -0.0776. The minimum Gasteiger partial charge on any atom is -0.354 e. The molecule has 1 N–H and O–H groups in total. The molecular formula is C14H18N2O2. The standard InChI is InChI=1S/C14H18N2O2/c1-10-4-5-11(2)12(8-10)14(18)16-7-3-6-15-13(17)9-16/h4-5,8H,3,6-7,9H2,1-2H3,(H,15,17). The van der Waals surface area contributed by atoms with Crippen LogP contribution in [0.15, 0.2) is 18.2 Å². The van der Waals surface area contributed by atoms with E-state index in [0.29, 0.717) is 18.7 Å². The van der Waals surface area contributed by atoms with Crippen molar-refractivity contribution in [1.29, 1.82) is 0 Å². The van der Waals surface area contributed by atoms with Crippen LogP contribution in [-0.2, 0) is 4.79 Å². The second-order valence-electron chi connectivity index (χ2n) is 4.75. The Bertz CT molecular complexity index is 483. The Morgan fingerprint density at radius 1 is 1.33 bits per heavy atom. The molecule has 0 aromatic heterocycles. The highest BCUT2D eigenvalue weighted by molar-refractivity contribution is 5.98. The van der Waals surface area contributed by atoms with E-state index in [1.165, 1.54) is 0 Å². The maximum absolute atomic E-state index is 12.4. The zero-order valence-corrected chi connectivity index (χ0v) is 10.8. The fourth-order valence-corrected chi connectivity index (χ4v) is 2.12. The summed E-state index contributed by atoms with van der Waals surface area (Å²) in [5.74, 6) is -0.126. The second-order valence-corrected chi connectivity index (χ2v) is 4.75. The highest BCUT2D eigenvalue weighted by Gasteiger charge is 2.21. The van der Waals surface area contributed by atoms with Gasteiger partial charge in [0.05, 0.1) is 6.54 Å². The molecule has 1 fully saturated rings. The summed E-state index contributed by atoms with van der Waals surface area (Å²) in [5.41, 5.74) is 2.71. The third kappa shape index (κ3) is 2.70. The highest BCUT2D eigenvalue weighted by Crippen LogP contribution is 2.14. The Morgan fingerprint density at radius 3 is 2.89 bits per heavy atom. The van der Waals surface area contributed by atoms with Gasteiger partial charge in [-0.05, 0) is 31.9 Å². The number of nitrogens with one attached hydrogen (secondary N) is 1. The van der Waals surface area contributed by atoms with Gasteiger partial charge in [0.1, 0.15) is 0 Å². The topological polar surface area (TPSA) is 49.4 Å². The van der Waals surface area contributed by atoms with Gasteiger partial charge < -0.3 is 10.2 Å². The largest absolute Gasteiger partial charge is 0.354 e. The summed E-state index contributed by atoms with van der Waals surface area (Å²) in [4.78, 5) is 25.5. The van der Waals surface area contributed by atoms with E-state index >= 15 is 0 Å². The molecule has 4 heteroatoms. The van der Waals surface area contributed by atoms with E-state index in [0.717, 1.165) is 17.5 Å². The van der Waals surface area contributed by atoms with Crippen molar-refractivity contribution in [1.82, 2.24) is 10.2 Å². The van der Waals surface area contributed by atoms with Crippen molar-refractivity contribution in [2.75, 3.05) is 19.6 Å². The van der Waals surface area contributed by atoms with Crippen LogP contribution < -0.4 is 5.32 Å². The number of carbonyl (C=O) groups excluding carboxylic acids is 2. The SMILES string of the molecule is Cc1ccc(C)c(C(=O)N2CCCNC(=O)C2)c1. The summed E-state index contributed by atoms with van der Waals surface area (Å²) in [5, 5.41) is 2.77. The average Bonchev–Trinajstić information content (AvgIpc) is 2.56. The number of carbonyl (C=O) groups is 2. The van der Waals surface area contributed by atoms with Gasteiger partial charge in [-0.2, -0.15) is 0 Å². The Balaban J connectivity index is 2.24. The predicted octanol–water partition coefficient (Wildman–Crippen LogP) is 1.27. The van der Waals surface area contributed by atoms with E-state index in [9.17, 15) is 9.59 Å². The third-order valence-electron chi connectivity index (χ3n) is 3.17. The van der Waals surface area contributed by atoms with Gasteiger partial charge in [-0.3, -0.25) is 9.59 Å². The molecule has 0 radical (unpaired) electrons. The van der Waals surface area contributed by atoms with E-state index in [1.54, 1.807) is 4.90 Å². The number of nitrogens with zero attached hydrogens (tertiary/aromatic N) is 1. The molecule has 18 heavy (non-hydrogen) atoms. The molecule has 2 amide bonds. The molecule has 96 valence electrons. The highest BCUT2D eigenvalue weighted by atomic mass is 16.2.